The molecule has 0 aliphatic carbocycles. The molecule has 0 aromatic rings. The van der Waals surface area contributed by atoms with Gasteiger partial charge in [-0.15, -0.1) is 0 Å². The summed E-state index contributed by atoms with van der Waals surface area (Å²) >= 11 is 0. The lowest BCUT2D eigenvalue weighted by molar-refractivity contribution is -0.165. The van der Waals surface area contributed by atoms with E-state index >= 15 is 0 Å². The molecule has 0 amide bonds. The van der Waals surface area contributed by atoms with Crippen molar-refractivity contribution in [2.75, 3.05) is 26.2 Å². The van der Waals surface area contributed by atoms with Crippen LogP contribution in [0.2, 0.25) is 0 Å². The third kappa shape index (κ3) is 2.78. The van der Waals surface area contributed by atoms with E-state index in [9.17, 15) is 10.2 Å². The summed E-state index contributed by atoms with van der Waals surface area (Å²) in [5, 5.41) is 29.0. The molecule has 100 valence electrons. The maximum atomic E-state index is 10.1. The molecule has 0 aromatic carbocycles. The minimum Gasteiger partial charge on any atom is -0.395 e. The molecule has 0 radical (unpaired) electrons. The summed E-state index contributed by atoms with van der Waals surface area (Å²) in [6.45, 7) is 4.72. The SMILES string of the molecule is CC1(C)O[C@H]2[C@H](O1)[C@@H](O)CN(CCO)C[C@@H]2O. The van der Waals surface area contributed by atoms with Gasteiger partial charge in [0, 0.05) is 19.6 Å². The van der Waals surface area contributed by atoms with Crippen molar-refractivity contribution in [1.82, 2.24) is 4.90 Å². The zero-order valence-corrected chi connectivity index (χ0v) is 10.2. The minimum atomic E-state index is -0.767. The molecule has 0 saturated carbocycles. The minimum absolute atomic E-state index is 0.00196. The van der Waals surface area contributed by atoms with E-state index in [1.165, 1.54) is 0 Å². The van der Waals surface area contributed by atoms with E-state index < -0.39 is 30.2 Å². The van der Waals surface area contributed by atoms with E-state index in [1.807, 2.05) is 4.90 Å². The zero-order chi connectivity index (χ0) is 12.6. The summed E-state index contributed by atoms with van der Waals surface area (Å²) in [7, 11) is 0. The molecular formula is C11H21NO5. The van der Waals surface area contributed by atoms with Crippen molar-refractivity contribution >= 4 is 0 Å². The van der Waals surface area contributed by atoms with Crippen molar-refractivity contribution in [3.05, 3.63) is 0 Å². The van der Waals surface area contributed by atoms with Gasteiger partial charge < -0.3 is 24.8 Å². The largest absolute Gasteiger partial charge is 0.395 e. The van der Waals surface area contributed by atoms with Crippen LogP contribution in [0.25, 0.3) is 0 Å². The second-order valence-corrected chi connectivity index (χ2v) is 5.18. The number of β-amino-alcohol motifs (C(OH)–C–C–N with tert-alkyl or cyclic N) is 3. The number of aliphatic hydroxyl groups excluding tert-OH is 3. The van der Waals surface area contributed by atoms with Crippen LogP contribution in [0, 0.1) is 0 Å². The number of likely N-dealkylation sites (tertiary alicyclic amines) is 1. The lowest BCUT2D eigenvalue weighted by atomic mass is 10.1. The van der Waals surface area contributed by atoms with Crippen molar-refractivity contribution in [2.24, 2.45) is 0 Å². The third-order valence-corrected chi connectivity index (χ3v) is 3.23. The van der Waals surface area contributed by atoms with Gasteiger partial charge in [0.2, 0.25) is 0 Å². The first-order valence-corrected chi connectivity index (χ1v) is 5.98. The quantitative estimate of drug-likeness (QED) is 0.553. The first-order chi connectivity index (χ1) is 7.93. The number of aliphatic hydroxyl groups is 3. The molecule has 0 aromatic heterocycles. The maximum Gasteiger partial charge on any atom is 0.164 e. The highest BCUT2D eigenvalue weighted by Crippen LogP contribution is 2.33. The van der Waals surface area contributed by atoms with Gasteiger partial charge in [-0.3, -0.25) is 4.90 Å². The van der Waals surface area contributed by atoms with Crippen LogP contribution < -0.4 is 0 Å². The Morgan fingerprint density at radius 3 is 2.00 bits per heavy atom. The molecule has 2 fully saturated rings. The molecule has 2 saturated heterocycles. The number of nitrogens with zero attached hydrogens (tertiary/aromatic N) is 1. The summed E-state index contributed by atoms with van der Waals surface area (Å²) < 4.78 is 11.2. The predicted molar refractivity (Wildman–Crippen MR) is 59.4 cm³/mol. The summed E-state index contributed by atoms with van der Waals surface area (Å²) in [4.78, 5) is 1.81. The van der Waals surface area contributed by atoms with Crippen LogP contribution in [0.5, 0.6) is 0 Å². The molecule has 2 heterocycles. The summed E-state index contributed by atoms with van der Waals surface area (Å²) in [5.41, 5.74) is 0. The Morgan fingerprint density at radius 2 is 1.59 bits per heavy atom. The molecule has 0 unspecified atom stereocenters. The van der Waals surface area contributed by atoms with Gasteiger partial charge in [-0.05, 0) is 13.8 Å². The van der Waals surface area contributed by atoms with Gasteiger partial charge in [0.05, 0.1) is 18.8 Å². The molecule has 0 spiro atoms. The molecule has 0 bridgehead atoms. The van der Waals surface area contributed by atoms with E-state index in [-0.39, 0.29) is 6.61 Å². The van der Waals surface area contributed by atoms with Crippen molar-refractivity contribution in [2.45, 2.75) is 44.1 Å². The third-order valence-electron chi connectivity index (χ3n) is 3.23. The molecule has 4 atom stereocenters. The van der Waals surface area contributed by atoms with Crippen LogP contribution in [0.3, 0.4) is 0 Å². The number of hydrogen-bond acceptors (Lipinski definition) is 6. The van der Waals surface area contributed by atoms with Crippen molar-refractivity contribution < 1.29 is 24.8 Å². The fourth-order valence-corrected chi connectivity index (χ4v) is 2.55. The highest BCUT2D eigenvalue weighted by molar-refractivity contribution is 4.95. The average molecular weight is 247 g/mol. The number of hydrogen-bond donors (Lipinski definition) is 3. The molecular weight excluding hydrogens is 226 g/mol. The first-order valence-electron chi connectivity index (χ1n) is 5.98. The number of rotatable bonds is 2. The fourth-order valence-electron chi connectivity index (χ4n) is 2.55. The summed E-state index contributed by atoms with van der Waals surface area (Å²) in [6.07, 6.45) is -2.46. The Balaban J connectivity index is 2.10. The number of ether oxygens (including phenoxy) is 2. The Hall–Kier alpha value is -0.240. The topological polar surface area (TPSA) is 82.4 Å². The van der Waals surface area contributed by atoms with E-state index in [0.29, 0.717) is 19.6 Å². The van der Waals surface area contributed by atoms with Crippen molar-refractivity contribution in [3.63, 3.8) is 0 Å². The van der Waals surface area contributed by atoms with Gasteiger partial charge in [-0.25, -0.2) is 0 Å². The van der Waals surface area contributed by atoms with Crippen molar-refractivity contribution in [1.29, 1.82) is 0 Å². The predicted octanol–water partition coefficient (Wildman–Crippen LogP) is -1.46. The van der Waals surface area contributed by atoms with Crippen molar-refractivity contribution in [3.8, 4) is 0 Å². The second-order valence-electron chi connectivity index (χ2n) is 5.18. The highest BCUT2D eigenvalue weighted by atomic mass is 16.8. The van der Waals surface area contributed by atoms with Gasteiger partial charge in [-0.2, -0.15) is 0 Å². The Bertz CT molecular complexity index is 251. The van der Waals surface area contributed by atoms with Crippen LogP contribution in [-0.4, -0.2) is 76.7 Å². The first kappa shape index (κ1) is 13.2. The van der Waals surface area contributed by atoms with Crippen LogP contribution in [0.1, 0.15) is 13.8 Å². The smallest absolute Gasteiger partial charge is 0.164 e. The molecule has 2 rings (SSSR count). The monoisotopic (exact) mass is 247 g/mol. The molecule has 6 nitrogen and oxygen atoms in total. The molecule has 17 heavy (non-hydrogen) atoms. The molecule has 2 aliphatic heterocycles. The standard InChI is InChI=1S/C11H21NO5/c1-11(2)16-9-7(14)5-12(3-4-13)6-8(15)10(9)17-11/h7-10,13-15H,3-6H2,1-2H3/t7-,8-,9+,10+/m0/s1. The lowest BCUT2D eigenvalue weighted by Crippen LogP contribution is -2.41. The van der Waals surface area contributed by atoms with Gasteiger partial charge in [0.15, 0.2) is 5.79 Å². The normalized spacial score (nSPS) is 42.2. The highest BCUT2D eigenvalue weighted by Gasteiger charge is 2.50. The maximum absolute atomic E-state index is 10.1. The van der Waals surface area contributed by atoms with Crippen LogP contribution in [0.4, 0.5) is 0 Å². The Kier molecular flexibility index (Phi) is 3.72. The molecule has 3 N–H and O–H groups in total. The van der Waals surface area contributed by atoms with Gasteiger partial charge in [0.1, 0.15) is 12.2 Å². The lowest BCUT2D eigenvalue weighted by Gasteiger charge is -2.25. The number of fused-ring (bicyclic) bond motifs is 1. The van der Waals surface area contributed by atoms with Gasteiger partial charge in [0.25, 0.3) is 0 Å². The Morgan fingerprint density at radius 1 is 1.12 bits per heavy atom. The van der Waals surface area contributed by atoms with E-state index in [4.69, 9.17) is 14.6 Å². The average Bonchev–Trinajstić information content (AvgIpc) is 2.50. The van der Waals surface area contributed by atoms with E-state index in [2.05, 4.69) is 0 Å². The molecule has 6 heteroatoms. The zero-order valence-electron chi connectivity index (χ0n) is 10.2. The summed E-state index contributed by atoms with van der Waals surface area (Å²) in [5.74, 6) is -0.767. The van der Waals surface area contributed by atoms with Gasteiger partial charge >= 0.3 is 0 Å². The van der Waals surface area contributed by atoms with Crippen LogP contribution >= 0.6 is 0 Å². The summed E-state index contributed by atoms with van der Waals surface area (Å²) in [6, 6.07) is 0. The fraction of sp³-hybridized carbons (Fsp3) is 1.00. The van der Waals surface area contributed by atoms with Gasteiger partial charge in [-0.1, -0.05) is 0 Å². The van der Waals surface area contributed by atoms with Crippen LogP contribution in [-0.2, 0) is 9.47 Å². The second kappa shape index (κ2) is 4.79. The van der Waals surface area contributed by atoms with Crippen LogP contribution in [0.15, 0.2) is 0 Å². The van der Waals surface area contributed by atoms with E-state index in [1.54, 1.807) is 13.8 Å². The Labute approximate surface area is 101 Å². The molecule has 2 aliphatic rings. The van der Waals surface area contributed by atoms with E-state index in [0.717, 1.165) is 0 Å².